The highest BCUT2D eigenvalue weighted by Gasteiger charge is 2.09. The smallest absolute Gasteiger partial charge is 0.158 e. The zero-order valence-electron chi connectivity index (χ0n) is 10.2. The van der Waals surface area contributed by atoms with Crippen LogP contribution in [0.25, 0.3) is 10.2 Å². The summed E-state index contributed by atoms with van der Waals surface area (Å²) in [6.07, 6.45) is 2.00. The van der Waals surface area contributed by atoms with Gasteiger partial charge in [-0.3, -0.25) is 0 Å². The normalized spacial score (nSPS) is 11.2. The number of rotatable bonds is 5. The number of nitrogen functional groups attached to an aromatic ring is 1. The summed E-state index contributed by atoms with van der Waals surface area (Å²) in [6.45, 7) is 5.37. The van der Waals surface area contributed by atoms with E-state index in [9.17, 15) is 0 Å². The molecule has 5 heteroatoms. The van der Waals surface area contributed by atoms with Crippen LogP contribution in [0.1, 0.15) is 31.0 Å². The van der Waals surface area contributed by atoms with E-state index in [2.05, 4.69) is 29.9 Å². The largest absolute Gasteiger partial charge is 0.383 e. The second-order valence-corrected chi connectivity index (χ2v) is 4.98. The highest BCUT2D eigenvalue weighted by molar-refractivity contribution is 7.18. The number of fused-ring (bicyclic) bond motifs is 1. The Balaban J connectivity index is 2.27. The standard InChI is InChI=1S/C12H17N3OS/c1-3-5-16-7-10-14-11(13)9-6-8(4-2)17-12(9)15-10/h6H,3-5,7H2,1-2H3,(H2,13,14,15). The third-order valence-electron chi connectivity index (χ3n) is 2.45. The van der Waals surface area contributed by atoms with Crippen molar-refractivity contribution in [2.75, 3.05) is 12.3 Å². The van der Waals surface area contributed by atoms with Gasteiger partial charge in [-0.25, -0.2) is 9.97 Å². The summed E-state index contributed by atoms with van der Waals surface area (Å²) in [6, 6.07) is 2.08. The van der Waals surface area contributed by atoms with Crippen molar-refractivity contribution in [3.05, 3.63) is 16.8 Å². The molecular weight excluding hydrogens is 234 g/mol. The number of aryl methyl sites for hydroxylation is 1. The van der Waals surface area contributed by atoms with E-state index in [-0.39, 0.29) is 0 Å². The monoisotopic (exact) mass is 251 g/mol. The lowest BCUT2D eigenvalue weighted by Gasteiger charge is -2.02. The number of ether oxygens (including phenoxy) is 1. The topological polar surface area (TPSA) is 61.0 Å². The Labute approximate surface area is 105 Å². The van der Waals surface area contributed by atoms with Crippen LogP contribution in [0.15, 0.2) is 6.07 Å². The van der Waals surface area contributed by atoms with E-state index in [0.29, 0.717) is 18.2 Å². The molecule has 0 atom stereocenters. The van der Waals surface area contributed by atoms with Crippen LogP contribution in [-0.4, -0.2) is 16.6 Å². The number of nitrogens with zero attached hydrogens (tertiary/aromatic N) is 2. The van der Waals surface area contributed by atoms with Crippen LogP contribution >= 0.6 is 11.3 Å². The zero-order chi connectivity index (χ0) is 12.3. The summed E-state index contributed by atoms with van der Waals surface area (Å²) >= 11 is 1.68. The van der Waals surface area contributed by atoms with Gasteiger partial charge in [-0.15, -0.1) is 11.3 Å². The second-order valence-electron chi connectivity index (χ2n) is 3.86. The molecule has 0 saturated heterocycles. The molecule has 0 spiro atoms. The molecule has 0 aliphatic rings. The van der Waals surface area contributed by atoms with Crippen molar-refractivity contribution in [2.45, 2.75) is 33.3 Å². The molecule has 0 radical (unpaired) electrons. The third-order valence-corrected chi connectivity index (χ3v) is 3.62. The molecule has 0 unspecified atom stereocenters. The van der Waals surface area contributed by atoms with Gasteiger partial charge in [0, 0.05) is 11.5 Å². The molecule has 0 aliphatic carbocycles. The number of hydrogen-bond acceptors (Lipinski definition) is 5. The van der Waals surface area contributed by atoms with E-state index in [0.717, 1.165) is 29.7 Å². The predicted octanol–water partition coefficient (Wildman–Crippen LogP) is 2.76. The maximum atomic E-state index is 5.93. The molecule has 0 amide bonds. The average molecular weight is 251 g/mol. The zero-order valence-corrected chi connectivity index (χ0v) is 11.0. The Morgan fingerprint density at radius 3 is 2.88 bits per heavy atom. The fourth-order valence-electron chi connectivity index (χ4n) is 1.59. The maximum Gasteiger partial charge on any atom is 0.158 e. The molecule has 2 aromatic heterocycles. The first kappa shape index (κ1) is 12.3. The number of anilines is 1. The first-order valence-electron chi connectivity index (χ1n) is 5.87. The number of thiophene rings is 1. The minimum Gasteiger partial charge on any atom is -0.383 e. The molecule has 0 aliphatic heterocycles. The van der Waals surface area contributed by atoms with E-state index < -0.39 is 0 Å². The first-order chi connectivity index (χ1) is 8.24. The summed E-state index contributed by atoms with van der Waals surface area (Å²) < 4.78 is 5.43. The summed E-state index contributed by atoms with van der Waals surface area (Å²) in [5, 5.41) is 0.964. The summed E-state index contributed by atoms with van der Waals surface area (Å²) in [4.78, 5) is 11.0. The van der Waals surface area contributed by atoms with Crippen molar-refractivity contribution in [3.8, 4) is 0 Å². The quantitative estimate of drug-likeness (QED) is 0.830. The lowest BCUT2D eigenvalue weighted by atomic mass is 10.3. The van der Waals surface area contributed by atoms with E-state index in [1.807, 2.05) is 0 Å². The van der Waals surface area contributed by atoms with Crippen LogP contribution < -0.4 is 5.73 Å². The fraction of sp³-hybridized carbons (Fsp3) is 0.500. The SMILES string of the molecule is CCCOCc1nc(N)c2cc(CC)sc2n1. The van der Waals surface area contributed by atoms with Gasteiger partial charge >= 0.3 is 0 Å². The lowest BCUT2D eigenvalue weighted by molar-refractivity contribution is 0.116. The van der Waals surface area contributed by atoms with E-state index in [1.54, 1.807) is 11.3 Å². The second kappa shape index (κ2) is 5.42. The summed E-state index contributed by atoms with van der Waals surface area (Å²) in [5.41, 5.74) is 5.93. The van der Waals surface area contributed by atoms with Crippen LogP contribution in [-0.2, 0) is 17.8 Å². The van der Waals surface area contributed by atoms with Crippen molar-refractivity contribution >= 4 is 27.4 Å². The van der Waals surface area contributed by atoms with E-state index in [4.69, 9.17) is 10.5 Å². The van der Waals surface area contributed by atoms with Crippen molar-refractivity contribution in [2.24, 2.45) is 0 Å². The minimum atomic E-state index is 0.438. The highest BCUT2D eigenvalue weighted by Crippen LogP contribution is 2.27. The number of nitrogens with two attached hydrogens (primary N) is 1. The number of hydrogen-bond donors (Lipinski definition) is 1. The Morgan fingerprint density at radius 1 is 1.35 bits per heavy atom. The number of aromatic nitrogens is 2. The molecule has 17 heavy (non-hydrogen) atoms. The van der Waals surface area contributed by atoms with Crippen molar-refractivity contribution < 1.29 is 4.74 Å². The summed E-state index contributed by atoms with van der Waals surface area (Å²) in [5.74, 6) is 1.23. The van der Waals surface area contributed by atoms with Crippen LogP contribution in [0.3, 0.4) is 0 Å². The van der Waals surface area contributed by atoms with Gasteiger partial charge in [0.2, 0.25) is 0 Å². The predicted molar refractivity (Wildman–Crippen MR) is 71.2 cm³/mol. The molecule has 92 valence electrons. The van der Waals surface area contributed by atoms with Crippen LogP contribution in [0.5, 0.6) is 0 Å². The van der Waals surface area contributed by atoms with E-state index >= 15 is 0 Å². The Bertz CT molecular complexity index is 510. The van der Waals surface area contributed by atoms with Crippen LogP contribution in [0.2, 0.25) is 0 Å². The highest BCUT2D eigenvalue weighted by atomic mass is 32.1. The van der Waals surface area contributed by atoms with Gasteiger partial charge < -0.3 is 10.5 Å². The van der Waals surface area contributed by atoms with Crippen LogP contribution in [0, 0.1) is 0 Å². The van der Waals surface area contributed by atoms with Gasteiger partial charge in [0.15, 0.2) is 5.82 Å². The molecule has 0 bridgehead atoms. The van der Waals surface area contributed by atoms with Gasteiger partial charge in [0.05, 0.1) is 5.39 Å². The average Bonchev–Trinajstić information content (AvgIpc) is 2.73. The van der Waals surface area contributed by atoms with Gasteiger partial charge in [0.25, 0.3) is 0 Å². The molecule has 2 aromatic rings. The van der Waals surface area contributed by atoms with Gasteiger partial charge in [-0.1, -0.05) is 13.8 Å². The Morgan fingerprint density at radius 2 is 2.18 bits per heavy atom. The first-order valence-corrected chi connectivity index (χ1v) is 6.68. The Hall–Kier alpha value is -1.20. The summed E-state index contributed by atoms with van der Waals surface area (Å²) in [7, 11) is 0. The Kier molecular flexibility index (Phi) is 3.91. The van der Waals surface area contributed by atoms with Crippen LogP contribution in [0.4, 0.5) is 5.82 Å². The van der Waals surface area contributed by atoms with Crippen molar-refractivity contribution in [3.63, 3.8) is 0 Å². The minimum absolute atomic E-state index is 0.438. The fourth-order valence-corrected chi connectivity index (χ4v) is 2.58. The molecular formula is C12H17N3OS. The maximum absolute atomic E-state index is 5.93. The molecule has 0 fully saturated rings. The molecule has 4 nitrogen and oxygen atoms in total. The molecule has 2 heterocycles. The van der Waals surface area contributed by atoms with Gasteiger partial charge in [-0.2, -0.15) is 0 Å². The van der Waals surface area contributed by atoms with E-state index in [1.165, 1.54) is 4.88 Å². The van der Waals surface area contributed by atoms with Crippen molar-refractivity contribution in [1.29, 1.82) is 0 Å². The lowest BCUT2D eigenvalue weighted by Crippen LogP contribution is -2.02. The van der Waals surface area contributed by atoms with Gasteiger partial charge in [-0.05, 0) is 18.9 Å². The van der Waals surface area contributed by atoms with Gasteiger partial charge in [0.1, 0.15) is 17.3 Å². The third kappa shape index (κ3) is 2.73. The molecule has 2 N–H and O–H groups in total. The molecule has 0 saturated carbocycles. The van der Waals surface area contributed by atoms with Crippen molar-refractivity contribution in [1.82, 2.24) is 9.97 Å². The molecule has 2 rings (SSSR count). The molecule has 0 aromatic carbocycles.